The zero-order valence-electron chi connectivity index (χ0n) is 15.1. The highest BCUT2D eigenvalue weighted by atomic mass is 19.1. The van der Waals surface area contributed by atoms with Crippen LogP contribution >= 0.6 is 0 Å². The molecule has 1 atom stereocenters. The molecule has 5 nitrogen and oxygen atoms in total. The lowest BCUT2D eigenvalue weighted by atomic mass is 10.1. The number of fused-ring (bicyclic) bond motifs is 1. The molecule has 1 N–H and O–H groups in total. The van der Waals surface area contributed by atoms with Crippen LogP contribution in [0.3, 0.4) is 0 Å². The lowest BCUT2D eigenvalue weighted by Gasteiger charge is -2.16. The third-order valence-corrected chi connectivity index (χ3v) is 4.61. The lowest BCUT2D eigenvalue weighted by Crippen LogP contribution is -2.28. The number of rotatable bonds is 6. The predicted octanol–water partition coefficient (Wildman–Crippen LogP) is 3.20. The first kappa shape index (κ1) is 18.0. The molecule has 6 heteroatoms. The number of nitrogens with one attached hydrogen (secondary N) is 1. The number of carbonyl (C=O) groups excluding carboxylic acids is 1. The normalized spacial score (nSPS) is 15.3. The standard InChI is InChI=1S/C20H22FNO4/c1-24-17-8-12(9-18(25-2)20(17)26-3)10-19(23)22-16-7-4-13-11-14(21)5-6-15(13)16/h5-6,8-9,11,16H,4,7,10H2,1-3H3,(H,22,23)/t16-/m0/s1. The van der Waals surface area contributed by atoms with Crippen molar-refractivity contribution in [2.45, 2.75) is 25.3 Å². The number of amides is 1. The second kappa shape index (κ2) is 7.64. The van der Waals surface area contributed by atoms with Crippen LogP contribution in [0.25, 0.3) is 0 Å². The molecule has 2 aromatic rings. The van der Waals surface area contributed by atoms with Crippen LogP contribution in [-0.2, 0) is 17.6 Å². The minimum Gasteiger partial charge on any atom is -0.493 e. The Morgan fingerprint density at radius 3 is 2.42 bits per heavy atom. The summed E-state index contributed by atoms with van der Waals surface area (Å²) in [5, 5.41) is 3.03. The molecule has 1 aliphatic rings. The molecule has 2 aromatic carbocycles. The first-order valence-electron chi connectivity index (χ1n) is 8.42. The van der Waals surface area contributed by atoms with Crippen molar-refractivity contribution in [2.24, 2.45) is 0 Å². The van der Waals surface area contributed by atoms with E-state index in [1.165, 1.54) is 27.4 Å². The SMILES string of the molecule is COc1cc(CC(=O)N[C@H]2CCc3cc(F)ccc32)cc(OC)c1OC. The van der Waals surface area contributed by atoms with E-state index in [-0.39, 0.29) is 24.2 Å². The summed E-state index contributed by atoms with van der Waals surface area (Å²) in [6.07, 6.45) is 1.73. The van der Waals surface area contributed by atoms with E-state index in [0.717, 1.165) is 29.5 Å². The Hall–Kier alpha value is -2.76. The maximum Gasteiger partial charge on any atom is 0.224 e. The monoisotopic (exact) mass is 359 g/mol. The van der Waals surface area contributed by atoms with Crippen molar-refractivity contribution in [3.05, 3.63) is 52.8 Å². The highest BCUT2D eigenvalue weighted by molar-refractivity contribution is 5.79. The fourth-order valence-corrected chi connectivity index (χ4v) is 3.40. The molecule has 0 aromatic heterocycles. The summed E-state index contributed by atoms with van der Waals surface area (Å²) in [5.41, 5.74) is 2.71. The van der Waals surface area contributed by atoms with Crippen molar-refractivity contribution in [1.29, 1.82) is 0 Å². The number of ether oxygens (including phenoxy) is 3. The summed E-state index contributed by atoms with van der Waals surface area (Å²) in [6, 6.07) is 8.17. The van der Waals surface area contributed by atoms with E-state index in [4.69, 9.17) is 14.2 Å². The van der Waals surface area contributed by atoms with Crippen LogP contribution in [0.4, 0.5) is 4.39 Å². The largest absolute Gasteiger partial charge is 0.493 e. The number of aryl methyl sites for hydroxylation is 1. The molecular weight excluding hydrogens is 337 g/mol. The molecular formula is C20H22FNO4. The van der Waals surface area contributed by atoms with Crippen LogP contribution in [0.2, 0.25) is 0 Å². The van der Waals surface area contributed by atoms with Gasteiger partial charge in [0.25, 0.3) is 0 Å². The van der Waals surface area contributed by atoms with Crippen LogP contribution in [0.1, 0.15) is 29.2 Å². The van der Waals surface area contributed by atoms with Gasteiger partial charge in [-0.05, 0) is 53.8 Å². The quantitative estimate of drug-likeness (QED) is 0.861. The zero-order valence-corrected chi connectivity index (χ0v) is 15.1. The number of hydrogen-bond acceptors (Lipinski definition) is 4. The van der Waals surface area contributed by atoms with E-state index >= 15 is 0 Å². The molecule has 0 radical (unpaired) electrons. The van der Waals surface area contributed by atoms with E-state index in [1.54, 1.807) is 24.3 Å². The second-order valence-corrected chi connectivity index (χ2v) is 6.21. The van der Waals surface area contributed by atoms with Gasteiger partial charge in [-0.1, -0.05) is 6.07 Å². The number of methoxy groups -OCH3 is 3. The first-order chi connectivity index (χ1) is 12.5. The molecule has 0 heterocycles. The van der Waals surface area contributed by atoms with Crippen molar-refractivity contribution >= 4 is 5.91 Å². The molecule has 0 aliphatic heterocycles. The van der Waals surface area contributed by atoms with Crippen molar-refractivity contribution in [3.63, 3.8) is 0 Å². The van der Waals surface area contributed by atoms with Gasteiger partial charge in [0.1, 0.15) is 5.82 Å². The topological polar surface area (TPSA) is 56.8 Å². The van der Waals surface area contributed by atoms with Gasteiger partial charge < -0.3 is 19.5 Å². The van der Waals surface area contributed by atoms with Crippen LogP contribution in [0.5, 0.6) is 17.2 Å². The Kier molecular flexibility index (Phi) is 5.30. The van der Waals surface area contributed by atoms with Gasteiger partial charge in [-0.3, -0.25) is 4.79 Å². The van der Waals surface area contributed by atoms with Gasteiger partial charge in [-0.15, -0.1) is 0 Å². The maximum absolute atomic E-state index is 13.3. The average molecular weight is 359 g/mol. The van der Waals surface area contributed by atoms with E-state index in [2.05, 4.69) is 5.32 Å². The van der Waals surface area contributed by atoms with Gasteiger partial charge in [0.05, 0.1) is 33.8 Å². The summed E-state index contributed by atoms with van der Waals surface area (Å²) in [6.45, 7) is 0. The molecule has 0 bridgehead atoms. The number of hydrogen-bond donors (Lipinski definition) is 1. The second-order valence-electron chi connectivity index (χ2n) is 6.21. The van der Waals surface area contributed by atoms with E-state index < -0.39 is 0 Å². The molecule has 0 fully saturated rings. The van der Waals surface area contributed by atoms with Crippen LogP contribution in [-0.4, -0.2) is 27.2 Å². The van der Waals surface area contributed by atoms with E-state index in [1.807, 2.05) is 0 Å². The third kappa shape index (κ3) is 3.59. The van der Waals surface area contributed by atoms with Crippen molar-refractivity contribution in [1.82, 2.24) is 5.32 Å². The average Bonchev–Trinajstić information content (AvgIpc) is 3.02. The summed E-state index contributed by atoms with van der Waals surface area (Å²) in [5.74, 6) is 1.16. The molecule has 26 heavy (non-hydrogen) atoms. The van der Waals surface area contributed by atoms with Gasteiger partial charge in [0.2, 0.25) is 11.7 Å². The van der Waals surface area contributed by atoms with Gasteiger partial charge in [-0.25, -0.2) is 4.39 Å². The molecule has 0 unspecified atom stereocenters. The zero-order chi connectivity index (χ0) is 18.7. The maximum atomic E-state index is 13.3. The number of carbonyl (C=O) groups is 1. The Balaban J connectivity index is 1.73. The fourth-order valence-electron chi connectivity index (χ4n) is 3.40. The van der Waals surface area contributed by atoms with Crippen LogP contribution < -0.4 is 19.5 Å². The predicted molar refractivity (Wildman–Crippen MR) is 95.4 cm³/mol. The molecule has 1 amide bonds. The lowest BCUT2D eigenvalue weighted by molar-refractivity contribution is -0.121. The third-order valence-electron chi connectivity index (χ3n) is 4.61. The van der Waals surface area contributed by atoms with Crippen molar-refractivity contribution in [2.75, 3.05) is 21.3 Å². The number of halogens is 1. The van der Waals surface area contributed by atoms with Gasteiger partial charge in [0.15, 0.2) is 11.5 Å². The van der Waals surface area contributed by atoms with Gasteiger partial charge in [0, 0.05) is 0 Å². The minimum atomic E-state index is -0.242. The van der Waals surface area contributed by atoms with Crippen LogP contribution in [0.15, 0.2) is 30.3 Å². The molecule has 3 rings (SSSR count). The van der Waals surface area contributed by atoms with Crippen molar-refractivity contribution in [3.8, 4) is 17.2 Å². The number of benzene rings is 2. The van der Waals surface area contributed by atoms with E-state index in [0.29, 0.717) is 17.2 Å². The summed E-state index contributed by atoms with van der Waals surface area (Å²) in [7, 11) is 4.61. The Labute approximate surface area is 152 Å². The Morgan fingerprint density at radius 2 is 1.81 bits per heavy atom. The summed E-state index contributed by atoms with van der Waals surface area (Å²) in [4.78, 5) is 12.5. The first-order valence-corrected chi connectivity index (χ1v) is 8.42. The molecule has 0 saturated carbocycles. The van der Waals surface area contributed by atoms with E-state index in [9.17, 15) is 9.18 Å². The highest BCUT2D eigenvalue weighted by Crippen LogP contribution is 2.38. The summed E-state index contributed by atoms with van der Waals surface area (Å²) < 4.78 is 29.3. The molecule has 1 aliphatic carbocycles. The van der Waals surface area contributed by atoms with Gasteiger partial charge >= 0.3 is 0 Å². The smallest absolute Gasteiger partial charge is 0.224 e. The fraction of sp³-hybridized carbons (Fsp3) is 0.350. The molecule has 138 valence electrons. The Morgan fingerprint density at radius 1 is 1.12 bits per heavy atom. The van der Waals surface area contributed by atoms with Gasteiger partial charge in [-0.2, -0.15) is 0 Å². The highest BCUT2D eigenvalue weighted by Gasteiger charge is 2.24. The van der Waals surface area contributed by atoms with Crippen LogP contribution in [0, 0.1) is 5.82 Å². The molecule has 0 spiro atoms. The molecule has 0 saturated heterocycles. The Bertz CT molecular complexity index is 796. The van der Waals surface area contributed by atoms with Crippen molar-refractivity contribution < 1.29 is 23.4 Å². The minimum absolute atomic E-state index is 0.0832. The summed E-state index contributed by atoms with van der Waals surface area (Å²) >= 11 is 0.